The molecule has 2 heterocycles. The Morgan fingerprint density at radius 3 is 2.75 bits per heavy atom. The number of carbonyl (C=O) groups is 1. The molecule has 3 aromatic rings. The van der Waals surface area contributed by atoms with Gasteiger partial charge in [-0.1, -0.05) is 6.58 Å². The van der Waals surface area contributed by atoms with Gasteiger partial charge >= 0.3 is 0 Å². The van der Waals surface area contributed by atoms with E-state index >= 15 is 0 Å². The maximum absolute atomic E-state index is 11.2. The molecule has 0 bridgehead atoms. The van der Waals surface area contributed by atoms with Crippen LogP contribution in [0.4, 0.5) is 5.69 Å². The molecule has 0 saturated heterocycles. The molecule has 20 heavy (non-hydrogen) atoms. The Morgan fingerprint density at radius 2 is 2.05 bits per heavy atom. The van der Waals surface area contributed by atoms with Crippen LogP contribution >= 0.6 is 0 Å². The van der Waals surface area contributed by atoms with Crippen LogP contribution in [0.1, 0.15) is 0 Å². The van der Waals surface area contributed by atoms with Gasteiger partial charge in [0.2, 0.25) is 5.91 Å². The maximum atomic E-state index is 11.2. The minimum absolute atomic E-state index is 0.229. The summed E-state index contributed by atoms with van der Waals surface area (Å²) in [4.78, 5) is 22.9. The summed E-state index contributed by atoms with van der Waals surface area (Å²) in [6, 6.07) is 9.28. The van der Waals surface area contributed by atoms with Crippen LogP contribution in [0.2, 0.25) is 0 Å². The molecule has 5 nitrogen and oxygen atoms in total. The highest BCUT2D eigenvalue weighted by molar-refractivity contribution is 5.99. The number of fused-ring (bicyclic) bond motifs is 1. The average Bonchev–Trinajstić information content (AvgIpc) is 2.91. The Hall–Kier alpha value is -2.95. The van der Waals surface area contributed by atoms with Crippen molar-refractivity contribution in [2.45, 2.75) is 0 Å². The van der Waals surface area contributed by atoms with Crippen molar-refractivity contribution in [2.75, 3.05) is 5.32 Å². The predicted octanol–water partition coefficient (Wildman–Crippen LogP) is 2.75. The molecule has 0 fully saturated rings. The zero-order chi connectivity index (χ0) is 13.9. The molecule has 0 saturated carbocycles. The van der Waals surface area contributed by atoms with Crippen LogP contribution in [0.3, 0.4) is 0 Å². The number of nitrogens with zero attached hydrogens (tertiary/aromatic N) is 2. The number of hydrogen-bond acceptors (Lipinski definition) is 3. The van der Waals surface area contributed by atoms with Crippen LogP contribution in [0.5, 0.6) is 0 Å². The van der Waals surface area contributed by atoms with Crippen molar-refractivity contribution in [3.63, 3.8) is 0 Å². The van der Waals surface area contributed by atoms with Crippen LogP contribution in [0, 0.1) is 0 Å². The highest BCUT2D eigenvalue weighted by atomic mass is 16.1. The van der Waals surface area contributed by atoms with Crippen LogP contribution in [-0.2, 0) is 4.79 Å². The first-order valence-corrected chi connectivity index (χ1v) is 6.10. The zero-order valence-corrected chi connectivity index (χ0v) is 10.6. The van der Waals surface area contributed by atoms with Crippen LogP contribution in [0.15, 0.2) is 55.4 Å². The number of benzene rings is 1. The molecular formula is C15H12N4O. The number of carbonyl (C=O) groups excluding carboxylic acids is 1. The Balaban J connectivity index is 1.90. The molecule has 3 rings (SSSR count). The minimum Gasteiger partial charge on any atom is -0.337 e. The standard InChI is InChI=1S/C15H12N4O/c1-2-14(20)17-11-5-3-10(4-6-11)15-18-12-7-8-16-9-13(12)19-15/h2-9H,1H2,(H,17,20)(H,18,19). The molecule has 5 heteroatoms. The predicted molar refractivity (Wildman–Crippen MR) is 78.2 cm³/mol. The molecule has 0 spiro atoms. The molecule has 98 valence electrons. The normalized spacial score (nSPS) is 10.4. The maximum Gasteiger partial charge on any atom is 0.247 e. The highest BCUT2D eigenvalue weighted by Gasteiger charge is 2.05. The first-order chi connectivity index (χ1) is 9.76. The van der Waals surface area contributed by atoms with E-state index in [0.717, 1.165) is 28.1 Å². The van der Waals surface area contributed by atoms with Gasteiger partial charge in [0.05, 0.1) is 17.2 Å². The summed E-state index contributed by atoms with van der Waals surface area (Å²) in [5.74, 6) is 0.544. The van der Waals surface area contributed by atoms with E-state index in [2.05, 4.69) is 26.8 Å². The Kier molecular flexibility index (Phi) is 3.01. The van der Waals surface area contributed by atoms with Crippen molar-refractivity contribution < 1.29 is 4.79 Å². The lowest BCUT2D eigenvalue weighted by Gasteiger charge is -2.02. The third-order valence-corrected chi connectivity index (χ3v) is 2.89. The molecule has 0 radical (unpaired) electrons. The van der Waals surface area contributed by atoms with Gasteiger partial charge in [0.15, 0.2) is 0 Å². The number of pyridine rings is 1. The highest BCUT2D eigenvalue weighted by Crippen LogP contribution is 2.21. The second-order valence-electron chi connectivity index (χ2n) is 4.25. The average molecular weight is 264 g/mol. The quantitative estimate of drug-likeness (QED) is 0.714. The smallest absolute Gasteiger partial charge is 0.247 e. The van der Waals surface area contributed by atoms with Crippen molar-refractivity contribution in [1.29, 1.82) is 0 Å². The second kappa shape index (κ2) is 4.97. The number of anilines is 1. The molecule has 0 aliphatic carbocycles. The SMILES string of the molecule is C=CC(=O)Nc1ccc(-c2nc3ccncc3[nH]2)cc1. The summed E-state index contributed by atoms with van der Waals surface area (Å²) in [6.45, 7) is 3.41. The van der Waals surface area contributed by atoms with Gasteiger partial charge in [-0.2, -0.15) is 0 Å². The topological polar surface area (TPSA) is 70.7 Å². The van der Waals surface area contributed by atoms with Gasteiger partial charge in [-0.25, -0.2) is 4.98 Å². The van der Waals surface area contributed by atoms with E-state index in [1.54, 1.807) is 12.4 Å². The van der Waals surface area contributed by atoms with Crippen LogP contribution in [-0.4, -0.2) is 20.9 Å². The van der Waals surface area contributed by atoms with Gasteiger partial charge in [-0.05, 0) is 36.4 Å². The molecule has 1 aromatic carbocycles. The number of H-pyrrole nitrogens is 1. The van der Waals surface area contributed by atoms with Gasteiger partial charge in [-0.3, -0.25) is 9.78 Å². The minimum atomic E-state index is -0.229. The van der Waals surface area contributed by atoms with E-state index in [-0.39, 0.29) is 5.91 Å². The van der Waals surface area contributed by atoms with Crippen molar-refractivity contribution in [2.24, 2.45) is 0 Å². The van der Waals surface area contributed by atoms with Gasteiger partial charge in [0.25, 0.3) is 0 Å². The largest absolute Gasteiger partial charge is 0.337 e. The van der Waals surface area contributed by atoms with Crippen LogP contribution in [0.25, 0.3) is 22.4 Å². The number of rotatable bonds is 3. The number of nitrogens with one attached hydrogen (secondary N) is 2. The zero-order valence-electron chi connectivity index (χ0n) is 10.6. The van der Waals surface area contributed by atoms with E-state index < -0.39 is 0 Å². The summed E-state index contributed by atoms with van der Waals surface area (Å²) < 4.78 is 0. The summed E-state index contributed by atoms with van der Waals surface area (Å²) in [7, 11) is 0. The number of aromatic nitrogens is 3. The number of amides is 1. The first kappa shape index (κ1) is 12.1. The van der Waals surface area contributed by atoms with E-state index in [1.807, 2.05) is 30.3 Å². The molecule has 0 aliphatic rings. The van der Waals surface area contributed by atoms with Crippen LogP contribution < -0.4 is 5.32 Å². The number of aromatic amines is 1. The molecular weight excluding hydrogens is 252 g/mol. The second-order valence-corrected chi connectivity index (χ2v) is 4.25. The van der Waals surface area contributed by atoms with E-state index in [4.69, 9.17) is 0 Å². The fourth-order valence-electron chi connectivity index (χ4n) is 1.90. The van der Waals surface area contributed by atoms with Gasteiger partial charge in [0, 0.05) is 17.4 Å². The molecule has 0 aliphatic heterocycles. The summed E-state index contributed by atoms with van der Waals surface area (Å²) >= 11 is 0. The summed E-state index contributed by atoms with van der Waals surface area (Å²) in [6.07, 6.45) is 4.69. The van der Waals surface area contributed by atoms with Crippen molar-refractivity contribution in [1.82, 2.24) is 15.0 Å². The fourth-order valence-corrected chi connectivity index (χ4v) is 1.90. The van der Waals surface area contributed by atoms with Gasteiger partial charge in [-0.15, -0.1) is 0 Å². The Morgan fingerprint density at radius 1 is 1.25 bits per heavy atom. The van der Waals surface area contributed by atoms with Crippen molar-refractivity contribution >= 4 is 22.6 Å². The molecule has 1 amide bonds. The monoisotopic (exact) mass is 264 g/mol. The molecule has 2 aromatic heterocycles. The van der Waals surface area contributed by atoms with Crippen molar-refractivity contribution in [3.8, 4) is 11.4 Å². The Labute approximate surface area is 115 Å². The van der Waals surface area contributed by atoms with E-state index in [0.29, 0.717) is 0 Å². The fraction of sp³-hybridized carbons (Fsp3) is 0. The molecule has 2 N–H and O–H groups in total. The lowest BCUT2D eigenvalue weighted by atomic mass is 10.2. The van der Waals surface area contributed by atoms with E-state index in [1.165, 1.54) is 6.08 Å². The summed E-state index contributed by atoms with van der Waals surface area (Å²) in [5.41, 5.74) is 3.43. The molecule has 0 atom stereocenters. The first-order valence-electron chi connectivity index (χ1n) is 6.10. The number of hydrogen-bond donors (Lipinski definition) is 2. The van der Waals surface area contributed by atoms with Gasteiger partial charge < -0.3 is 10.3 Å². The van der Waals surface area contributed by atoms with E-state index in [9.17, 15) is 4.79 Å². The van der Waals surface area contributed by atoms with Crippen molar-refractivity contribution in [3.05, 3.63) is 55.4 Å². The third kappa shape index (κ3) is 2.29. The van der Waals surface area contributed by atoms with Gasteiger partial charge in [0.1, 0.15) is 5.82 Å². The molecule has 0 unspecified atom stereocenters. The third-order valence-electron chi connectivity index (χ3n) is 2.89. The number of imidazole rings is 1. The lowest BCUT2D eigenvalue weighted by Crippen LogP contribution is -2.06. The Bertz CT molecular complexity index is 741. The lowest BCUT2D eigenvalue weighted by molar-refractivity contribution is -0.111. The summed E-state index contributed by atoms with van der Waals surface area (Å²) in [5, 5.41) is 2.70.